The van der Waals surface area contributed by atoms with Gasteiger partial charge in [-0.3, -0.25) is 4.79 Å². The normalized spacial score (nSPS) is 10.6. The minimum absolute atomic E-state index is 0.00257. The quantitative estimate of drug-likeness (QED) is 0.852. The molecule has 1 N–H and O–H groups in total. The van der Waals surface area contributed by atoms with E-state index in [-0.39, 0.29) is 5.91 Å². The molecule has 0 aliphatic heterocycles. The number of halogens is 2. The number of rotatable bonds is 6. The number of likely N-dealkylation sites (N-methyl/N-ethyl adjacent to an activating group) is 1. The van der Waals surface area contributed by atoms with Gasteiger partial charge in [-0.15, -0.1) is 0 Å². The van der Waals surface area contributed by atoms with Crippen LogP contribution >= 0.6 is 23.2 Å². The maximum absolute atomic E-state index is 12.7. The Morgan fingerprint density at radius 3 is 2.57 bits per heavy atom. The van der Waals surface area contributed by atoms with Gasteiger partial charge in [0.25, 0.3) is 5.91 Å². The summed E-state index contributed by atoms with van der Waals surface area (Å²) >= 11 is 12.0. The van der Waals surface area contributed by atoms with Crippen LogP contribution in [-0.2, 0) is 13.0 Å². The van der Waals surface area contributed by atoms with E-state index in [0.29, 0.717) is 16.6 Å². The molecule has 0 spiro atoms. The zero-order valence-corrected chi connectivity index (χ0v) is 14.8. The lowest BCUT2D eigenvalue weighted by atomic mass is 10.0. The first-order valence-corrected chi connectivity index (χ1v) is 8.20. The molecule has 1 amide bonds. The molecular formula is C18H20Cl2N2O. The summed E-state index contributed by atoms with van der Waals surface area (Å²) in [5.41, 5.74) is 2.74. The van der Waals surface area contributed by atoms with Gasteiger partial charge in [-0.2, -0.15) is 0 Å². The molecule has 2 rings (SSSR count). The van der Waals surface area contributed by atoms with E-state index in [1.807, 2.05) is 37.4 Å². The van der Waals surface area contributed by atoms with Crippen LogP contribution in [0.5, 0.6) is 0 Å². The third-order valence-corrected chi connectivity index (χ3v) is 4.38. The van der Waals surface area contributed by atoms with Gasteiger partial charge < -0.3 is 10.2 Å². The maximum Gasteiger partial charge on any atom is 0.254 e. The molecule has 2 aromatic carbocycles. The number of hydrogen-bond acceptors (Lipinski definition) is 2. The second-order valence-electron chi connectivity index (χ2n) is 5.42. The standard InChI is InChI=1S/C18H20Cl2N2O/c1-21-10-9-14-5-3-4-6-15(14)18(23)22(2)12-13-7-8-16(19)17(20)11-13/h3-8,11,21H,9-10,12H2,1-2H3. The molecule has 0 atom stereocenters. The summed E-state index contributed by atoms with van der Waals surface area (Å²) in [5, 5.41) is 4.13. The number of benzene rings is 2. The lowest BCUT2D eigenvalue weighted by Crippen LogP contribution is -2.27. The second kappa shape index (κ2) is 8.34. The predicted octanol–water partition coefficient (Wildman–Crippen LogP) is 4.03. The van der Waals surface area contributed by atoms with E-state index >= 15 is 0 Å². The fourth-order valence-electron chi connectivity index (χ4n) is 2.40. The molecular weight excluding hydrogens is 331 g/mol. The van der Waals surface area contributed by atoms with Gasteiger partial charge in [0.15, 0.2) is 0 Å². The molecule has 2 aromatic rings. The van der Waals surface area contributed by atoms with Gasteiger partial charge in [0.2, 0.25) is 0 Å². The minimum Gasteiger partial charge on any atom is -0.337 e. The smallest absolute Gasteiger partial charge is 0.254 e. The topological polar surface area (TPSA) is 32.3 Å². The highest BCUT2D eigenvalue weighted by Gasteiger charge is 2.15. The molecule has 122 valence electrons. The minimum atomic E-state index is 0.00257. The number of amides is 1. The van der Waals surface area contributed by atoms with Crippen LogP contribution in [0.2, 0.25) is 10.0 Å². The largest absolute Gasteiger partial charge is 0.337 e. The van der Waals surface area contributed by atoms with Crippen LogP contribution in [0.25, 0.3) is 0 Å². The third kappa shape index (κ3) is 4.71. The number of carbonyl (C=O) groups excluding carboxylic acids is 1. The molecule has 3 nitrogen and oxygen atoms in total. The number of nitrogens with zero attached hydrogens (tertiary/aromatic N) is 1. The van der Waals surface area contributed by atoms with Gasteiger partial charge in [0.1, 0.15) is 0 Å². The van der Waals surface area contributed by atoms with E-state index in [4.69, 9.17) is 23.2 Å². The molecule has 0 aliphatic rings. The average molecular weight is 351 g/mol. The molecule has 23 heavy (non-hydrogen) atoms. The van der Waals surface area contributed by atoms with E-state index in [0.717, 1.165) is 29.7 Å². The summed E-state index contributed by atoms with van der Waals surface area (Å²) in [5.74, 6) is 0.00257. The van der Waals surface area contributed by atoms with Crippen molar-refractivity contribution in [1.29, 1.82) is 0 Å². The first kappa shape index (κ1) is 17.8. The summed E-state index contributed by atoms with van der Waals surface area (Å²) in [6.45, 7) is 1.32. The summed E-state index contributed by atoms with van der Waals surface area (Å²) in [4.78, 5) is 14.4. The highest BCUT2D eigenvalue weighted by Crippen LogP contribution is 2.23. The first-order chi connectivity index (χ1) is 11.0. The fourth-order valence-corrected chi connectivity index (χ4v) is 2.72. The Kier molecular flexibility index (Phi) is 6.46. The molecule has 0 saturated carbocycles. The summed E-state index contributed by atoms with van der Waals surface area (Å²) in [6.07, 6.45) is 0.818. The lowest BCUT2D eigenvalue weighted by molar-refractivity contribution is 0.0784. The number of carbonyl (C=O) groups is 1. The first-order valence-electron chi connectivity index (χ1n) is 7.45. The van der Waals surface area contributed by atoms with Crippen LogP contribution in [-0.4, -0.2) is 31.4 Å². The van der Waals surface area contributed by atoms with Crippen molar-refractivity contribution in [3.63, 3.8) is 0 Å². The van der Waals surface area contributed by atoms with Crippen molar-refractivity contribution in [1.82, 2.24) is 10.2 Å². The van der Waals surface area contributed by atoms with Crippen LogP contribution in [0.15, 0.2) is 42.5 Å². The molecule has 0 aromatic heterocycles. The van der Waals surface area contributed by atoms with Crippen molar-refractivity contribution < 1.29 is 4.79 Å². The predicted molar refractivity (Wildman–Crippen MR) is 96.3 cm³/mol. The Morgan fingerprint density at radius 1 is 1.13 bits per heavy atom. The molecule has 0 radical (unpaired) electrons. The highest BCUT2D eigenvalue weighted by molar-refractivity contribution is 6.42. The van der Waals surface area contributed by atoms with Gasteiger partial charge >= 0.3 is 0 Å². The Morgan fingerprint density at radius 2 is 1.87 bits per heavy atom. The molecule has 0 fully saturated rings. The van der Waals surface area contributed by atoms with Gasteiger partial charge in [0, 0.05) is 19.2 Å². The molecule has 0 saturated heterocycles. The van der Waals surface area contributed by atoms with Gasteiger partial charge in [-0.25, -0.2) is 0 Å². The maximum atomic E-state index is 12.7. The third-order valence-electron chi connectivity index (χ3n) is 3.64. The van der Waals surface area contributed by atoms with Crippen LogP contribution in [0.1, 0.15) is 21.5 Å². The van der Waals surface area contributed by atoms with Gasteiger partial charge in [0.05, 0.1) is 10.0 Å². The zero-order valence-electron chi connectivity index (χ0n) is 13.3. The van der Waals surface area contributed by atoms with Crippen molar-refractivity contribution in [2.45, 2.75) is 13.0 Å². The van der Waals surface area contributed by atoms with Crippen molar-refractivity contribution in [3.8, 4) is 0 Å². The summed E-state index contributed by atoms with van der Waals surface area (Å²) < 4.78 is 0. The van der Waals surface area contributed by atoms with Crippen LogP contribution in [0.3, 0.4) is 0 Å². The molecule has 0 aliphatic carbocycles. The fraction of sp³-hybridized carbons (Fsp3) is 0.278. The Bertz CT molecular complexity index is 688. The number of hydrogen-bond donors (Lipinski definition) is 1. The van der Waals surface area contributed by atoms with Crippen LogP contribution < -0.4 is 5.32 Å². The molecule has 0 heterocycles. The zero-order chi connectivity index (χ0) is 16.8. The summed E-state index contributed by atoms with van der Waals surface area (Å²) in [6, 6.07) is 13.1. The van der Waals surface area contributed by atoms with Crippen molar-refractivity contribution in [3.05, 3.63) is 69.2 Å². The van der Waals surface area contributed by atoms with Gasteiger partial charge in [-0.1, -0.05) is 47.5 Å². The Labute approximate surface area is 147 Å². The second-order valence-corrected chi connectivity index (χ2v) is 6.23. The SMILES string of the molecule is CNCCc1ccccc1C(=O)N(C)Cc1ccc(Cl)c(Cl)c1. The Hall–Kier alpha value is -1.55. The van der Waals surface area contributed by atoms with Gasteiger partial charge in [-0.05, 0) is 49.3 Å². The summed E-state index contributed by atoms with van der Waals surface area (Å²) in [7, 11) is 3.69. The molecule has 5 heteroatoms. The molecule has 0 unspecified atom stereocenters. The lowest BCUT2D eigenvalue weighted by Gasteiger charge is -2.19. The van der Waals surface area contributed by atoms with Crippen molar-refractivity contribution in [2.75, 3.05) is 20.6 Å². The van der Waals surface area contributed by atoms with E-state index in [2.05, 4.69) is 5.32 Å². The van der Waals surface area contributed by atoms with Crippen LogP contribution in [0.4, 0.5) is 0 Å². The van der Waals surface area contributed by atoms with E-state index in [9.17, 15) is 4.79 Å². The van der Waals surface area contributed by atoms with E-state index in [1.165, 1.54) is 0 Å². The van der Waals surface area contributed by atoms with E-state index in [1.54, 1.807) is 24.1 Å². The number of nitrogens with one attached hydrogen (secondary N) is 1. The average Bonchev–Trinajstić information content (AvgIpc) is 2.56. The highest BCUT2D eigenvalue weighted by atomic mass is 35.5. The monoisotopic (exact) mass is 350 g/mol. The van der Waals surface area contributed by atoms with Crippen LogP contribution in [0, 0.1) is 0 Å². The Balaban J connectivity index is 2.14. The van der Waals surface area contributed by atoms with E-state index < -0.39 is 0 Å². The van der Waals surface area contributed by atoms with Crippen molar-refractivity contribution >= 4 is 29.1 Å². The molecule has 0 bridgehead atoms. The van der Waals surface area contributed by atoms with Crippen molar-refractivity contribution in [2.24, 2.45) is 0 Å².